The lowest BCUT2D eigenvalue weighted by atomic mass is 9.80. The molecule has 2 aromatic rings. The van der Waals surface area contributed by atoms with E-state index in [9.17, 15) is 0 Å². The molecule has 6 nitrogen and oxygen atoms in total. The highest BCUT2D eigenvalue weighted by Gasteiger charge is 2.35. The fraction of sp³-hybridized carbons (Fsp3) is 0.611. The summed E-state index contributed by atoms with van der Waals surface area (Å²) >= 11 is 6.45. The second-order valence-corrected chi connectivity index (χ2v) is 8.07. The predicted octanol–water partition coefficient (Wildman–Crippen LogP) is 3.38. The molecule has 4 rings (SSSR count). The maximum absolute atomic E-state index is 6.63. The van der Waals surface area contributed by atoms with Crippen LogP contribution in [0.1, 0.15) is 50.0 Å². The van der Waals surface area contributed by atoms with Gasteiger partial charge in [-0.2, -0.15) is 5.10 Å². The van der Waals surface area contributed by atoms with Gasteiger partial charge in [0.2, 0.25) is 0 Å². The molecule has 9 heteroatoms. The van der Waals surface area contributed by atoms with Crippen LogP contribution in [0.15, 0.2) is 12.4 Å². The van der Waals surface area contributed by atoms with Crippen LogP contribution in [0.2, 0.25) is 5.02 Å². The first-order valence-electron chi connectivity index (χ1n) is 9.05. The lowest BCUT2D eigenvalue weighted by Gasteiger charge is -2.34. The van der Waals surface area contributed by atoms with Crippen molar-refractivity contribution >= 4 is 36.4 Å². The molecule has 2 aromatic heterocycles. The summed E-state index contributed by atoms with van der Waals surface area (Å²) in [5.41, 5.74) is 15.1. The average Bonchev–Trinajstić information content (AvgIpc) is 3.35. The quantitative estimate of drug-likeness (QED) is 0.770. The summed E-state index contributed by atoms with van der Waals surface area (Å²) in [5, 5.41) is 4.98. The van der Waals surface area contributed by atoms with Crippen LogP contribution in [-0.4, -0.2) is 25.8 Å². The Bertz CT molecular complexity index is 781. The summed E-state index contributed by atoms with van der Waals surface area (Å²) in [7, 11) is 1.98. The maximum Gasteiger partial charge on any atom is 0.148 e. The molecule has 0 aliphatic heterocycles. The third-order valence-corrected chi connectivity index (χ3v) is 5.88. The van der Waals surface area contributed by atoms with Crippen LogP contribution in [-0.2, 0) is 19.0 Å². The zero-order valence-corrected chi connectivity index (χ0v) is 17.8. The van der Waals surface area contributed by atoms with Gasteiger partial charge in [-0.15, -0.1) is 24.8 Å². The smallest absolute Gasteiger partial charge is 0.148 e. The van der Waals surface area contributed by atoms with E-state index in [2.05, 4.69) is 10.1 Å². The van der Waals surface area contributed by atoms with Crippen LogP contribution >= 0.6 is 36.4 Å². The van der Waals surface area contributed by atoms with Gasteiger partial charge in [-0.05, 0) is 50.9 Å². The standard InChI is InChI=1S/C18H25ClN6.2ClH/c1-25-15(8-11-2-3-11)13(9-23-25)16-14(19)10-22-17(24-16)18(21)6-4-12(20)5-7-18;;/h9-12H,2-8,20-21H2,1H3;2*1H. The second-order valence-electron chi connectivity index (χ2n) is 7.66. The summed E-state index contributed by atoms with van der Waals surface area (Å²) in [6.45, 7) is 0. The van der Waals surface area contributed by atoms with Crippen molar-refractivity contribution in [2.75, 3.05) is 0 Å². The van der Waals surface area contributed by atoms with Crippen LogP contribution < -0.4 is 11.5 Å². The largest absolute Gasteiger partial charge is 0.328 e. The Morgan fingerprint density at radius 1 is 1.19 bits per heavy atom. The molecule has 4 N–H and O–H groups in total. The van der Waals surface area contributed by atoms with Crippen molar-refractivity contribution in [2.24, 2.45) is 24.4 Å². The molecule has 0 amide bonds. The highest BCUT2D eigenvalue weighted by molar-refractivity contribution is 6.32. The number of halogens is 3. The van der Waals surface area contributed by atoms with E-state index in [0.717, 1.165) is 49.3 Å². The Morgan fingerprint density at radius 2 is 1.85 bits per heavy atom. The van der Waals surface area contributed by atoms with Crippen molar-refractivity contribution in [3.63, 3.8) is 0 Å². The molecule has 2 saturated carbocycles. The zero-order valence-electron chi connectivity index (χ0n) is 15.4. The zero-order chi connectivity index (χ0) is 17.6. The Hall–Kier alpha value is -0.920. The van der Waals surface area contributed by atoms with Crippen LogP contribution in [0.4, 0.5) is 0 Å². The van der Waals surface area contributed by atoms with E-state index in [4.69, 9.17) is 28.1 Å². The van der Waals surface area contributed by atoms with Crippen molar-refractivity contribution in [3.8, 4) is 11.3 Å². The van der Waals surface area contributed by atoms with Crippen molar-refractivity contribution in [3.05, 3.63) is 28.9 Å². The van der Waals surface area contributed by atoms with Crippen LogP contribution in [0, 0.1) is 5.92 Å². The third kappa shape index (κ3) is 4.57. The van der Waals surface area contributed by atoms with Gasteiger partial charge in [-0.3, -0.25) is 4.68 Å². The normalized spacial score (nSPS) is 24.8. The number of nitrogens with zero attached hydrogens (tertiary/aromatic N) is 4. The minimum Gasteiger partial charge on any atom is -0.328 e. The Morgan fingerprint density at radius 3 is 2.48 bits per heavy atom. The highest BCUT2D eigenvalue weighted by atomic mass is 35.5. The molecule has 0 unspecified atom stereocenters. The van der Waals surface area contributed by atoms with Gasteiger partial charge in [0.05, 0.1) is 22.5 Å². The summed E-state index contributed by atoms with van der Waals surface area (Å²) in [6.07, 6.45) is 10.5. The Labute approximate surface area is 177 Å². The summed E-state index contributed by atoms with van der Waals surface area (Å²) in [6, 6.07) is 0.229. The molecule has 2 heterocycles. The number of aryl methyl sites for hydroxylation is 1. The molecule has 0 atom stereocenters. The molecular weight excluding hydrogens is 407 g/mol. The van der Waals surface area contributed by atoms with E-state index in [1.54, 1.807) is 6.20 Å². The second kappa shape index (κ2) is 8.62. The van der Waals surface area contributed by atoms with Crippen molar-refractivity contribution in [2.45, 2.75) is 56.5 Å². The summed E-state index contributed by atoms with van der Waals surface area (Å²) < 4.78 is 1.93. The van der Waals surface area contributed by atoms with Gasteiger partial charge in [0.1, 0.15) is 5.82 Å². The van der Waals surface area contributed by atoms with Crippen LogP contribution in [0.3, 0.4) is 0 Å². The Kier molecular flexibility index (Phi) is 7.14. The summed E-state index contributed by atoms with van der Waals surface area (Å²) in [4.78, 5) is 9.26. The van der Waals surface area contributed by atoms with Crippen molar-refractivity contribution in [1.29, 1.82) is 0 Å². The lowest BCUT2D eigenvalue weighted by molar-refractivity contribution is 0.265. The van der Waals surface area contributed by atoms with Crippen LogP contribution in [0.25, 0.3) is 11.3 Å². The van der Waals surface area contributed by atoms with Crippen molar-refractivity contribution in [1.82, 2.24) is 19.7 Å². The molecule has 0 aromatic carbocycles. The van der Waals surface area contributed by atoms with Gasteiger partial charge in [0, 0.05) is 30.5 Å². The van der Waals surface area contributed by atoms with Crippen molar-refractivity contribution < 1.29 is 0 Å². The Balaban J connectivity index is 0.00000131. The number of hydrogen-bond acceptors (Lipinski definition) is 5. The summed E-state index contributed by atoms with van der Waals surface area (Å²) in [5.74, 6) is 1.43. The molecule has 2 fully saturated rings. The van der Waals surface area contributed by atoms with Gasteiger partial charge in [-0.1, -0.05) is 11.6 Å². The number of rotatable bonds is 4. The van der Waals surface area contributed by atoms with Gasteiger partial charge < -0.3 is 11.5 Å². The van der Waals surface area contributed by atoms with Gasteiger partial charge in [0.25, 0.3) is 0 Å². The molecule has 150 valence electrons. The number of aromatic nitrogens is 4. The van der Waals surface area contributed by atoms with E-state index in [1.165, 1.54) is 18.5 Å². The van der Waals surface area contributed by atoms with E-state index < -0.39 is 5.54 Å². The minimum absolute atomic E-state index is 0. The number of hydrogen-bond donors (Lipinski definition) is 2. The first-order chi connectivity index (χ1) is 12.0. The van der Waals surface area contributed by atoms with E-state index in [0.29, 0.717) is 10.8 Å². The molecule has 2 aliphatic carbocycles. The average molecular weight is 434 g/mol. The molecule has 0 bridgehead atoms. The molecule has 0 radical (unpaired) electrons. The third-order valence-electron chi connectivity index (χ3n) is 5.61. The maximum atomic E-state index is 6.63. The SMILES string of the molecule is Cl.Cl.Cn1ncc(-c2nc(C3(N)CCC(N)CC3)ncc2Cl)c1CC1CC1. The molecule has 0 saturated heterocycles. The number of nitrogens with two attached hydrogens (primary N) is 2. The molecular formula is C18H27Cl3N6. The lowest BCUT2D eigenvalue weighted by Crippen LogP contribution is -2.45. The highest BCUT2D eigenvalue weighted by Crippen LogP contribution is 2.38. The topological polar surface area (TPSA) is 95.6 Å². The van der Waals surface area contributed by atoms with Gasteiger partial charge in [0.15, 0.2) is 0 Å². The predicted molar refractivity (Wildman–Crippen MR) is 112 cm³/mol. The van der Waals surface area contributed by atoms with E-state index >= 15 is 0 Å². The van der Waals surface area contributed by atoms with Gasteiger partial charge in [-0.25, -0.2) is 9.97 Å². The molecule has 0 spiro atoms. The minimum atomic E-state index is -0.520. The monoisotopic (exact) mass is 432 g/mol. The van der Waals surface area contributed by atoms with E-state index in [-0.39, 0.29) is 30.9 Å². The first kappa shape index (κ1) is 22.4. The molecule has 2 aliphatic rings. The fourth-order valence-electron chi connectivity index (χ4n) is 3.67. The molecule has 27 heavy (non-hydrogen) atoms. The van der Waals surface area contributed by atoms with Crippen LogP contribution in [0.5, 0.6) is 0 Å². The first-order valence-corrected chi connectivity index (χ1v) is 9.43. The van der Waals surface area contributed by atoms with E-state index in [1.807, 2.05) is 17.9 Å². The fourth-order valence-corrected chi connectivity index (χ4v) is 3.87. The van der Waals surface area contributed by atoms with Gasteiger partial charge >= 0.3 is 0 Å².